The van der Waals surface area contributed by atoms with Crippen molar-refractivity contribution >= 4 is 32.7 Å². The summed E-state index contributed by atoms with van der Waals surface area (Å²) in [5, 5.41) is 0.535. The van der Waals surface area contributed by atoms with Crippen LogP contribution >= 0.6 is 15.9 Å². The highest BCUT2D eigenvalue weighted by Gasteiger charge is 2.27. The topological polar surface area (TPSA) is 64.4 Å². The number of aromatic nitrogens is 2. The Bertz CT molecular complexity index is 1380. The maximum Gasteiger partial charge on any atom is 0.266 e. The summed E-state index contributed by atoms with van der Waals surface area (Å²) in [5.41, 5.74) is 1.71. The molecule has 0 bridgehead atoms. The number of rotatable bonds is 8. The number of hydrogen-bond donors (Lipinski definition) is 0. The molecule has 0 radical (unpaired) electrons. The van der Waals surface area contributed by atoms with Crippen molar-refractivity contribution in [3.05, 3.63) is 99.0 Å². The van der Waals surface area contributed by atoms with Crippen molar-refractivity contribution < 1.29 is 9.53 Å². The van der Waals surface area contributed by atoms with Crippen LogP contribution in [0.25, 0.3) is 16.6 Å². The first-order chi connectivity index (χ1) is 16.9. The number of nitrogens with zero attached hydrogens (tertiary/aromatic N) is 3. The first-order valence-electron chi connectivity index (χ1n) is 11.7. The van der Waals surface area contributed by atoms with Gasteiger partial charge in [-0.15, -0.1) is 0 Å². The minimum absolute atomic E-state index is 0.113. The van der Waals surface area contributed by atoms with Gasteiger partial charge in [-0.2, -0.15) is 0 Å². The molecule has 180 valence electrons. The van der Waals surface area contributed by atoms with E-state index in [1.807, 2.05) is 49.4 Å². The number of fused-ring (bicyclic) bond motifs is 1. The molecular weight excluding hydrogens is 506 g/mol. The summed E-state index contributed by atoms with van der Waals surface area (Å²) in [6, 6.07) is 21.5. The lowest BCUT2D eigenvalue weighted by molar-refractivity contribution is 0.0678. The molecule has 0 saturated heterocycles. The predicted molar refractivity (Wildman–Crippen MR) is 142 cm³/mol. The van der Waals surface area contributed by atoms with Crippen LogP contribution in [-0.2, 0) is 0 Å². The molecule has 1 amide bonds. The molecule has 0 aliphatic rings. The predicted octanol–water partition coefficient (Wildman–Crippen LogP) is 6.16. The second-order valence-electron chi connectivity index (χ2n) is 8.36. The Labute approximate surface area is 213 Å². The monoisotopic (exact) mass is 533 g/mol. The molecule has 0 aliphatic carbocycles. The molecule has 0 N–H and O–H groups in total. The fourth-order valence-corrected chi connectivity index (χ4v) is 4.37. The Morgan fingerprint density at radius 2 is 1.74 bits per heavy atom. The molecule has 1 heterocycles. The van der Waals surface area contributed by atoms with Gasteiger partial charge < -0.3 is 9.64 Å². The van der Waals surface area contributed by atoms with Gasteiger partial charge in [-0.3, -0.25) is 14.2 Å². The number of carbonyl (C=O) groups is 1. The van der Waals surface area contributed by atoms with E-state index in [0.29, 0.717) is 40.3 Å². The number of benzene rings is 3. The molecule has 0 spiro atoms. The lowest BCUT2D eigenvalue weighted by atomic mass is 10.1. The van der Waals surface area contributed by atoms with Gasteiger partial charge >= 0.3 is 0 Å². The summed E-state index contributed by atoms with van der Waals surface area (Å²) in [4.78, 5) is 34.1. The van der Waals surface area contributed by atoms with Gasteiger partial charge in [0.05, 0.1) is 29.7 Å². The molecule has 4 aromatic rings. The highest BCUT2D eigenvalue weighted by atomic mass is 79.9. The van der Waals surface area contributed by atoms with E-state index >= 15 is 0 Å². The molecule has 35 heavy (non-hydrogen) atoms. The lowest BCUT2D eigenvalue weighted by Gasteiger charge is -2.30. The van der Waals surface area contributed by atoms with E-state index < -0.39 is 6.04 Å². The molecular formula is C28H28BrN3O3. The number of amides is 1. The second-order valence-corrected chi connectivity index (χ2v) is 9.28. The lowest BCUT2D eigenvalue weighted by Crippen LogP contribution is -2.38. The third-order valence-corrected chi connectivity index (χ3v) is 6.61. The number of hydrogen-bond acceptors (Lipinski definition) is 4. The minimum Gasteiger partial charge on any atom is -0.497 e. The molecule has 1 atom stereocenters. The van der Waals surface area contributed by atoms with Crippen LogP contribution < -0.4 is 10.3 Å². The fraction of sp³-hybridized carbons (Fsp3) is 0.250. The van der Waals surface area contributed by atoms with Crippen molar-refractivity contribution in [2.75, 3.05) is 13.7 Å². The quantitative estimate of drug-likeness (QED) is 0.272. The molecule has 1 unspecified atom stereocenters. The van der Waals surface area contributed by atoms with Crippen LogP contribution in [-0.4, -0.2) is 34.0 Å². The molecule has 0 saturated carbocycles. The zero-order chi connectivity index (χ0) is 24.9. The van der Waals surface area contributed by atoms with Gasteiger partial charge in [0, 0.05) is 16.6 Å². The van der Waals surface area contributed by atoms with Crippen molar-refractivity contribution in [2.45, 2.75) is 32.7 Å². The van der Waals surface area contributed by atoms with Crippen molar-refractivity contribution in [1.82, 2.24) is 14.5 Å². The summed E-state index contributed by atoms with van der Waals surface area (Å²) in [7, 11) is 1.60. The van der Waals surface area contributed by atoms with E-state index in [-0.39, 0.29) is 11.5 Å². The number of para-hydroxylation sites is 1. The number of unbranched alkanes of at least 4 members (excludes halogenated alkanes) is 1. The van der Waals surface area contributed by atoms with Gasteiger partial charge in [0.25, 0.3) is 11.5 Å². The highest BCUT2D eigenvalue weighted by Crippen LogP contribution is 2.26. The molecule has 1 aromatic heterocycles. The average molecular weight is 534 g/mol. The van der Waals surface area contributed by atoms with Crippen LogP contribution in [0, 0.1) is 0 Å². The molecule has 0 aliphatic heterocycles. The third kappa shape index (κ3) is 5.15. The van der Waals surface area contributed by atoms with E-state index in [4.69, 9.17) is 9.72 Å². The van der Waals surface area contributed by atoms with Gasteiger partial charge in [-0.05, 0) is 74.0 Å². The fourth-order valence-electron chi connectivity index (χ4n) is 4.11. The van der Waals surface area contributed by atoms with Crippen LogP contribution in [0.2, 0.25) is 0 Å². The van der Waals surface area contributed by atoms with Crippen LogP contribution in [0.1, 0.15) is 48.9 Å². The number of halogens is 1. The van der Waals surface area contributed by atoms with Gasteiger partial charge in [-0.25, -0.2) is 4.98 Å². The molecule has 3 aromatic carbocycles. The van der Waals surface area contributed by atoms with E-state index in [2.05, 4.69) is 22.9 Å². The summed E-state index contributed by atoms with van der Waals surface area (Å²) >= 11 is 3.47. The Hall–Kier alpha value is -3.45. The van der Waals surface area contributed by atoms with Crippen molar-refractivity contribution in [3.63, 3.8) is 0 Å². The zero-order valence-corrected chi connectivity index (χ0v) is 21.7. The van der Waals surface area contributed by atoms with Gasteiger partial charge in [-0.1, -0.05) is 41.4 Å². The van der Waals surface area contributed by atoms with Crippen LogP contribution in [0.15, 0.2) is 82.1 Å². The molecule has 0 fully saturated rings. The number of carbonyl (C=O) groups excluding carboxylic acids is 1. The smallest absolute Gasteiger partial charge is 0.266 e. The largest absolute Gasteiger partial charge is 0.497 e. The van der Waals surface area contributed by atoms with Crippen LogP contribution in [0.3, 0.4) is 0 Å². The van der Waals surface area contributed by atoms with Gasteiger partial charge in [0.2, 0.25) is 0 Å². The summed E-state index contributed by atoms with van der Waals surface area (Å²) in [6.45, 7) is 4.57. The first-order valence-corrected chi connectivity index (χ1v) is 12.5. The van der Waals surface area contributed by atoms with Crippen LogP contribution in [0.5, 0.6) is 5.75 Å². The average Bonchev–Trinajstić information content (AvgIpc) is 2.89. The molecule has 7 heteroatoms. The van der Waals surface area contributed by atoms with Gasteiger partial charge in [0.15, 0.2) is 0 Å². The standard InChI is InChI=1S/C28H28BrN3O3/c1-4-5-18-31(27(33)20-10-16-23(35-3)17-11-20)19(2)26-30-25-9-7-6-8-24(25)28(34)32(26)22-14-12-21(29)13-15-22/h6-17,19H,4-5,18H2,1-3H3. The minimum atomic E-state index is -0.447. The number of ether oxygens (including phenoxy) is 1. The van der Waals surface area contributed by atoms with E-state index in [1.54, 1.807) is 46.9 Å². The number of methoxy groups -OCH3 is 1. The summed E-state index contributed by atoms with van der Waals surface area (Å²) in [6.07, 6.45) is 1.77. The van der Waals surface area contributed by atoms with Crippen molar-refractivity contribution in [3.8, 4) is 11.4 Å². The molecule has 4 rings (SSSR count). The van der Waals surface area contributed by atoms with Gasteiger partial charge in [0.1, 0.15) is 11.6 Å². The maximum absolute atomic E-state index is 13.7. The summed E-state index contributed by atoms with van der Waals surface area (Å²) < 4.78 is 7.78. The molecule has 6 nitrogen and oxygen atoms in total. The normalized spacial score (nSPS) is 11.9. The second kappa shape index (κ2) is 10.9. The SMILES string of the molecule is CCCCN(C(=O)c1ccc(OC)cc1)C(C)c1nc2ccccc2c(=O)n1-c1ccc(Br)cc1. The Morgan fingerprint density at radius 3 is 2.40 bits per heavy atom. The van der Waals surface area contributed by atoms with E-state index in [0.717, 1.165) is 17.3 Å². The Balaban J connectivity index is 1.86. The zero-order valence-electron chi connectivity index (χ0n) is 20.1. The van der Waals surface area contributed by atoms with Crippen LogP contribution in [0.4, 0.5) is 0 Å². The van der Waals surface area contributed by atoms with Crippen molar-refractivity contribution in [1.29, 1.82) is 0 Å². The van der Waals surface area contributed by atoms with E-state index in [1.165, 1.54) is 0 Å². The van der Waals surface area contributed by atoms with Crippen molar-refractivity contribution in [2.24, 2.45) is 0 Å². The summed E-state index contributed by atoms with van der Waals surface area (Å²) in [5.74, 6) is 1.10. The maximum atomic E-state index is 13.7. The Kier molecular flexibility index (Phi) is 7.66. The third-order valence-electron chi connectivity index (χ3n) is 6.08. The Morgan fingerprint density at radius 1 is 1.06 bits per heavy atom. The first kappa shape index (κ1) is 24.7. The van der Waals surface area contributed by atoms with E-state index in [9.17, 15) is 9.59 Å². The highest BCUT2D eigenvalue weighted by molar-refractivity contribution is 9.10.